The molecule has 0 amide bonds. The van der Waals surface area contributed by atoms with Crippen molar-refractivity contribution in [3.8, 4) is 0 Å². The predicted molar refractivity (Wildman–Crippen MR) is 98.8 cm³/mol. The zero-order valence-electron chi connectivity index (χ0n) is 15.7. The molecule has 0 aromatic heterocycles. The van der Waals surface area contributed by atoms with Crippen LogP contribution in [0.15, 0.2) is 0 Å². The van der Waals surface area contributed by atoms with Crippen molar-refractivity contribution in [2.45, 2.75) is 122 Å². The van der Waals surface area contributed by atoms with E-state index in [0.717, 1.165) is 25.5 Å². The Hall–Kier alpha value is -0.370. The van der Waals surface area contributed by atoms with E-state index in [-0.39, 0.29) is 12.0 Å². The number of carbonyl (C=O) groups is 1. The van der Waals surface area contributed by atoms with Crippen molar-refractivity contribution in [3.63, 3.8) is 0 Å². The molecule has 0 spiro atoms. The second-order valence-electron chi connectivity index (χ2n) is 7.45. The highest BCUT2D eigenvalue weighted by atomic mass is 16.5. The van der Waals surface area contributed by atoms with Crippen LogP contribution in [0.1, 0.15) is 110 Å². The standard InChI is InChI=1S/C21H40O2/c1-3-5-7-8-9-10-11-12-14-16-21-19(18-22)17-20(23-21)15-13-6-4-2/h18-21H,3-17H2,1-2H3/t19-,20+,21+/m1/s1. The van der Waals surface area contributed by atoms with E-state index in [1.54, 1.807) is 0 Å². The van der Waals surface area contributed by atoms with Gasteiger partial charge < -0.3 is 9.53 Å². The van der Waals surface area contributed by atoms with E-state index in [9.17, 15) is 4.79 Å². The average Bonchev–Trinajstić information content (AvgIpc) is 2.96. The van der Waals surface area contributed by atoms with Crippen LogP contribution < -0.4 is 0 Å². The van der Waals surface area contributed by atoms with Gasteiger partial charge in [-0.05, 0) is 19.3 Å². The molecule has 0 aromatic rings. The van der Waals surface area contributed by atoms with Crippen molar-refractivity contribution in [2.24, 2.45) is 5.92 Å². The van der Waals surface area contributed by atoms with Crippen LogP contribution in [0.2, 0.25) is 0 Å². The summed E-state index contributed by atoms with van der Waals surface area (Å²) < 4.78 is 6.15. The lowest BCUT2D eigenvalue weighted by molar-refractivity contribution is -0.112. The van der Waals surface area contributed by atoms with Crippen LogP contribution in [0.25, 0.3) is 0 Å². The Balaban J connectivity index is 2.03. The summed E-state index contributed by atoms with van der Waals surface area (Å²) in [5.74, 6) is 0.163. The second-order valence-corrected chi connectivity index (χ2v) is 7.45. The predicted octanol–water partition coefficient (Wildman–Crippen LogP) is 6.46. The Morgan fingerprint density at radius 3 is 1.91 bits per heavy atom. The first-order chi connectivity index (χ1) is 11.3. The van der Waals surface area contributed by atoms with E-state index in [4.69, 9.17) is 4.74 Å². The zero-order valence-corrected chi connectivity index (χ0v) is 15.7. The van der Waals surface area contributed by atoms with E-state index in [1.807, 2.05) is 0 Å². The number of unbranched alkanes of at least 4 members (excludes halogenated alkanes) is 10. The molecule has 2 heteroatoms. The molecule has 0 radical (unpaired) electrons. The van der Waals surface area contributed by atoms with Crippen LogP contribution in [0, 0.1) is 5.92 Å². The smallest absolute Gasteiger partial charge is 0.125 e. The van der Waals surface area contributed by atoms with E-state index < -0.39 is 0 Å². The third kappa shape index (κ3) is 9.49. The molecule has 0 unspecified atom stereocenters. The maximum absolute atomic E-state index is 11.3. The normalized spacial score (nSPS) is 24.2. The topological polar surface area (TPSA) is 26.3 Å². The van der Waals surface area contributed by atoms with Crippen LogP contribution in [0.3, 0.4) is 0 Å². The SMILES string of the molecule is CCCCCCCCCCC[C@@H]1O[C@@H](CCCCC)C[C@@H]1C=O. The summed E-state index contributed by atoms with van der Waals surface area (Å²) in [5.41, 5.74) is 0. The maximum Gasteiger partial charge on any atom is 0.125 e. The first kappa shape index (κ1) is 20.7. The summed E-state index contributed by atoms with van der Waals surface area (Å²) in [6.45, 7) is 4.50. The molecule has 1 rings (SSSR count). The van der Waals surface area contributed by atoms with Gasteiger partial charge in [-0.1, -0.05) is 90.9 Å². The number of hydrogen-bond donors (Lipinski definition) is 0. The monoisotopic (exact) mass is 324 g/mol. The van der Waals surface area contributed by atoms with E-state index >= 15 is 0 Å². The van der Waals surface area contributed by atoms with Crippen molar-refractivity contribution in [3.05, 3.63) is 0 Å². The van der Waals surface area contributed by atoms with Gasteiger partial charge in [0.25, 0.3) is 0 Å². The highest BCUT2D eigenvalue weighted by molar-refractivity contribution is 5.55. The lowest BCUT2D eigenvalue weighted by atomic mass is 9.95. The zero-order chi connectivity index (χ0) is 16.8. The molecule has 3 atom stereocenters. The maximum atomic E-state index is 11.3. The highest BCUT2D eigenvalue weighted by Gasteiger charge is 2.33. The van der Waals surface area contributed by atoms with Gasteiger partial charge in [0.05, 0.1) is 12.2 Å². The van der Waals surface area contributed by atoms with Crippen LogP contribution in [-0.2, 0) is 9.53 Å². The van der Waals surface area contributed by atoms with Gasteiger partial charge in [-0.2, -0.15) is 0 Å². The van der Waals surface area contributed by atoms with Crippen molar-refractivity contribution in [2.75, 3.05) is 0 Å². The molecule has 0 N–H and O–H groups in total. The molecule has 2 nitrogen and oxygen atoms in total. The molecule has 1 aliphatic heterocycles. The third-order valence-electron chi connectivity index (χ3n) is 5.28. The van der Waals surface area contributed by atoms with Gasteiger partial charge in [0.15, 0.2) is 0 Å². The summed E-state index contributed by atoms with van der Waals surface area (Å²) in [6.07, 6.45) is 20.9. The first-order valence-electron chi connectivity index (χ1n) is 10.4. The van der Waals surface area contributed by atoms with Gasteiger partial charge >= 0.3 is 0 Å². The van der Waals surface area contributed by atoms with E-state index in [1.165, 1.54) is 77.0 Å². The third-order valence-corrected chi connectivity index (χ3v) is 5.28. The fraction of sp³-hybridized carbons (Fsp3) is 0.952. The van der Waals surface area contributed by atoms with Crippen LogP contribution in [0.4, 0.5) is 0 Å². The molecular weight excluding hydrogens is 284 g/mol. The molecule has 1 aliphatic rings. The van der Waals surface area contributed by atoms with Crippen LogP contribution >= 0.6 is 0 Å². The molecular formula is C21H40O2. The van der Waals surface area contributed by atoms with Crippen molar-refractivity contribution in [1.82, 2.24) is 0 Å². The lowest BCUT2D eigenvalue weighted by Crippen LogP contribution is -2.17. The minimum absolute atomic E-state index is 0.163. The number of hydrogen-bond acceptors (Lipinski definition) is 2. The Morgan fingerprint density at radius 2 is 1.30 bits per heavy atom. The van der Waals surface area contributed by atoms with Gasteiger partial charge in [-0.25, -0.2) is 0 Å². The highest BCUT2D eigenvalue weighted by Crippen LogP contribution is 2.31. The van der Waals surface area contributed by atoms with Gasteiger partial charge in [-0.3, -0.25) is 0 Å². The molecule has 1 heterocycles. The number of rotatable bonds is 15. The van der Waals surface area contributed by atoms with Gasteiger partial charge in [0, 0.05) is 5.92 Å². The lowest BCUT2D eigenvalue weighted by Gasteiger charge is -2.15. The van der Waals surface area contributed by atoms with Gasteiger partial charge in [-0.15, -0.1) is 0 Å². The summed E-state index contributed by atoms with van der Waals surface area (Å²) in [4.78, 5) is 11.3. The van der Waals surface area contributed by atoms with Crippen molar-refractivity contribution < 1.29 is 9.53 Å². The van der Waals surface area contributed by atoms with Crippen molar-refractivity contribution in [1.29, 1.82) is 0 Å². The Morgan fingerprint density at radius 1 is 0.783 bits per heavy atom. The van der Waals surface area contributed by atoms with E-state index in [0.29, 0.717) is 6.10 Å². The number of carbonyl (C=O) groups excluding carboxylic acids is 1. The summed E-state index contributed by atoms with van der Waals surface area (Å²) in [5, 5.41) is 0. The van der Waals surface area contributed by atoms with Gasteiger partial charge in [0.2, 0.25) is 0 Å². The fourth-order valence-corrected chi connectivity index (χ4v) is 3.75. The molecule has 0 aliphatic carbocycles. The first-order valence-corrected chi connectivity index (χ1v) is 10.4. The summed E-state index contributed by atoms with van der Waals surface area (Å²) in [6, 6.07) is 0. The molecule has 1 saturated heterocycles. The number of ether oxygens (including phenoxy) is 1. The number of aldehydes is 1. The van der Waals surface area contributed by atoms with Crippen LogP contribution in [-0.4, -0.2) is 18.5 Å². The Bertz CT molecular complexity index is 277. The van der Waals surface area contributed by atoms with Crippen molar-refractivity contribution >= 4 is 6.29 Å². The van der Waals surface area contributed by atoms with Crippen LogP contribution in [0.5, 0.6) is 0 Å². The molecule has 1 fully saturated rings. The minimum atomic E-state index is 0.163. The average molecular weight is 325 g/mol. The fourth-order valence-electron chi connectivity index (χ4n) is 3.75. The van der Waals surface area contributed by atoms with E-state index in [2.05, 4.69) is 13.8 Å². The summed E-state index contributed by atoms with van der Waals surface area (Å²) in [7, 11) is 0. The quantitative estimate of drug-likeness (QED) is 0.255. The van der Waals surface area contributed by atoms with Gasteiger partial charge in [0.1, 0.15) is 6.29 Å². The molecule has 0 saturated carbocycles. The largest absolute Gasteiger partial charge is 0.374 e. The Labute approximate surface area is 144 Å². The molecule has 136 valence electrons. The molecule has 0 bridgehead atoms. The molecule has 23 heavy (non-hydrogen) atoms. The summed E-state index contributed by atoms with van der Waals surface area (Å²) >= 11 is 0. The second kappa shape index (κ2) is 14.0. The minimum Gasteiger partial charge on any atom is -0.374 e. The Kier molecular flexibility index (Phi) is 12.6. The molecule has 0 aromatic carbocycles.